The van der Waals surface area contributed by atoms with E-state index in [1.54, 1.807) is 0 Å². The minimum absolute atomic E-state index is 0.624. The van der Waals surface area contributed by atoms with Gasteiger partial charge in [-0.05, 0) is 71.8 Å². The zero-order chi connectivity index (χ0) is 37.0. The predicted octanol–water partition coefficient (Wildman–Crippen LogP) is 12.7. The Morgan fingerprint density at radius 3 is 1.30 bits per heavy atom. The van der Waals surface area contributed by atoms with Crippen LogP contribution < -0.4 is 0 Å². The Bertz CT molecular complexity index is 3180. The van der Waals surface area contributed by atoms with E-state index in [2.05, 4.69) is 149 Å². The minimum Gasteiger partial charge on any atom is -0.309 e. The van der Waals surface area contributed by atoms with Crippen LogP contribution in [0.1, 0.15) is 0 Å². The molecular weight excluding hydrogens is 683 g/mol. The second-order valence-electron chi connectivity index (χ2n) is 14.1. The van der Waals surface area contributed by atoms with Crippen LogP contribution >= 0.6 is 0 Å². The summed E-state index contributed by atoms with van der Waals surface area (Å²) in [4.78, 5) is 15.2. The summed E-state index contributed by atoms with van der Waals surface area (Å²) in [7, 11) is 0. The first-order valence-electron chi connectivity index (χ1n) is 18.9. The van der Waals surface area contributed by atoms with Crippen LogP contribution in [0.15, 0.2) is 200 Å². The maximum absolute atomic E-state index is 5.11. The fraction of sp³-hybridized carbons (Fsp3) is 0. The highest BCUT2D eigenvalue weighted by Crippen LogP contribution is 2.40. The Morgan fingerprint density at radius 1 is 0.286 bits per heavy atom. The van der Waals surface area contributed by atoms with E-state index in [4.69, 9.17) is 15.0 Å². The van der Waals surface area contributed by atoms with E-state index < -0.39 is 0 Å². The molecule has 0 aliphatic carbocycles. The monoisotopic (exact) mass is 715 g/mol. The number of para-hydroxylation sites is 4. The highest BCUT2D eigenvalue weighted by atomic mass is 15.1. The van der Waals surface area contributed by atoms with Crippen molar-refractivity contribution in [3.05, 3.63) is 200 Å². The van der Waals surface area contributed by atoms with Crippen molar-refractivity contribution in [2.24, 2.45) is 0 Å². The zero-order valence-electron chi connectivity index (χ0n) is 30.3. The number of hydrogen-bond acceptors (Lipinski definition) is 3. The zero-order valence-corrected chi connectivity index (χ0v) is 30.3. The lowest BCUT2D eigenvalue weighted by atomic mass is 10.0. The largest absolute Gasteiger partial charge is 0.309 e. The summed E-state index contributed by atoms with van der Waals surface area (Å²) in [6.45, 7) is 0. The van der Waals surface area contributed by atoms with Gasteiger partial charge in [0.2, 0.25) is 0 Å². The molecule has 3 heterocycles. The molecule has 0 spiro atoms. The number of hydrogen-bond donors (Lipinski definition) is 0. The van der Waals surface area contributed by atoms with Crippen molar-refractivity contribution in [1.82, 2.24) is 24.1 Å². The van der Waals surface area contributed by atoms with Crippen LogP contribution in [0, 0.1) is 0 Å². The van der Waals surface area contributed by atoms with Gasteiger partial charge in [0.25, 0.3) is 0 Å². The summed E-state index contributed by atoms with van der Waals surface area (Å²) in [6.07, 6.45) is 0. The molecule has 0 atom stereocenters. The molecule has 262 valence electrons. The lowest BCUT2D eigenvalue weighted by molar-refractivity contribution is 1.06. The van der Waals surface area contributed by atoms with Gasteiger partial charge in [0.15, 0.2) is 17.5 Å². The third-order valence-electron chi connectivity index (χ3n) is 10.8. The van der Waals surface area contributed by atoms with Gasteiger partial charge >= 0.3 is 0 Å². The molecule has 0 amide bonds. The smallest absolute Gasteiger partial charge is 0.166 e. The number of benzene rings is 8. The van der Waals surface area contributed by atoms with Gasteiger partial charge in [-0.3, -0.25) is 0 Å². The fourth-order valence-electron chi connectivity index (χ4n) is 8.21. The Labute approximate surface area is 323 Å². The Morgan fingerprint density at radius 2 is 0.714 bits per heavy atom. The summed E-state index contributed by atoms with van der Waals surface area (Å²) < 4.78 is 4.72. The molecule has 5 nitrogen and oxygen atoms in total. The number of fused-ring (bicyclic) bond motifs is 6. The molecular formula is C51H33N5. The molecule has 11 aromatic rings. The van der Waals surface area contributed by atoms with E-state index in [1.807, 2.05) is 60.7 Å². The quantitative estimate of drug-likeness (QED) is 0.172. The standard InChI is InChI=1S/C51H33N5/c1-4-16-34(17-5-1)49-52-50(35-18-6-2-7-19-35)54-51(53-49)41-24-12-15-27-46(41)56-45-26-14-11-23-40(45)43-33-37(29-31-48(43)56)36-28-30-47-42(32-36)39-22-10-13-25-44(39)55(47)38-20-8-3-9-21-38/h1-33H. The minimum atomic E-state index is 0.624. The molecule has 0 aliphatic rings. The van der Waals surface area contributed by atoms with Crippen molar-refractivity contribution in [2.45, 2.75) is 0 Å². The van der Waals surface area contributed by atoms with Crippen LogP contribution in [0.3, 0.4) is 0 Å². The van der Waals surface area contributed by atoms with Crippen molar-refractivity contribution in [1.29, 1.82) is 0 Å². The van der Waals surface area contributed by atoms with Crippen molar-refractivity contribution < 1.29 is 0 Å². The Balaban J connectivity index is 1.09. The molecule has 0 bridgehead atoms. The van der Waals surface area contributed by atoms with E-state index >= 15 is 0 Å². The summed E-state index contributed by atoms with van der Waals surface area (Å²) in [5.41, 5.74) is 12.0. The molecule has 0 unspecified atom stereocenters. The summed E-state index contributed by atoms with van der Waals surface area (Å²) in [5.74, 6) is 1.90. The molecule has 11 rings (SSSR count). The molecule has 8 aromatic carbocycles. The maximum Gasteiger partial charge on any atom is 0.166 e. The first-order chi connectivity index (χ1) is 27.8. The fourth-order valence-corrected chi connectivity index (χ4v) is 8.21. The highest BCUT2D eigenvalue weighted by molar-refractivity contribution is 6.13. The highest BCUT2D eigenvalue weighted by Gasteiger charge is 2.20. The number of nitrogens with zero attached hydrogens (tertiary/aromatic N) is 5. The summed E-state index contributed by atoms with van der Waals surface area (Å²) in [5, 5.41) is 4.85. The van der Waals surface area contributed by atoms with E-state index in [0.29, 0.717) is 17.5 Å². The second kappa shape index (κ2) is 13.0. The molecule has 0 radical (unpaired) electrons. The second-order valence-corrected chi connectivity index (χ2v) is 14.1. The molecule has 0 N–H and O–H groups in total. The Hall–Kier alpha value is -7.63. The van der Waals surface area contributed by atoms with Crippen molar-refractivity contribution >= 4 is 43.6 Å². The molecule has 56 heavy (non-hydrogen) atoms. The van der Waals surface area contributed by atoms with Gasteiger partial charge in [0.05, 0.1) is 27.8 Å². The predicted molar refractivity (Wildman–Crippen MR) is 230 cm³/mol. The Kier molecular flexibility index (Phi) is 7.42. The van der Waals surface area contributed by atoms with E-state index in [-0.39, 0.29) is 0 Å². The SMILES string of the molecule is c1ccc(-c2nc(-c3ccccc3)nc(-c3ccccc3-n3c4ccccc4c4cc(-c5ccc6c(c5)c5ccccc5n6-c5ccccc5)ccc43)n2)cc1. The average Bonchev–Trinajstić information content (AvgIpc) is 3.79. The maximum atomic E-state index is 5.11. The summed E-state index contributed by atoms with van der Waals surface area (Å²) in [6, 6.07) is 70.4. The van der Waals surface area contributed by atoms with Crippen molar-refractivity contribution in [3.63, 3.8) is 0 Å². The molecule has 5 heteroatoms. The lowest BCUT2D eigenvalue weighted by Crippen LogP contribution is -2.03. The molecule has 0 fully saturated rings. The molecule has 3 aromatic heterocycles. The molecule has 0 aliphatic heterocycles. The van der Waals surface area contributed by atoms with Crippen LogP contribution in [0.4, 0.5) is 0 Å². The van der Waals surface area contributed by atoms with Gasteiger partial charge in [-0.2, -0.15) is 0 Å². The summed E-state index contributed by atoms with van der Waals surface area (Å²) >= 11 is 0. The van der Waals surface area contributed by atoms with Crippen molar-refractivity contribution in [2.75, 3.05) is 0 Å². The van der Waals surface area contributed by atoms with Gasteiger partial charge in [-0.1, -0.05) is 140 Å². The first-order valence-corrected chi connectivity index (χ1v) is 18.9. The van der Waals surface area contributed by atoms with Crippen LogP contribution in [0.2, 0.25) is 0 Å². The topological polar surface area (TPSA) is 48.5 Å². The lowest BCUT2D eigenvalue weighted by Gasteiger charge is -2.14. The molecule has 0 saturated heterocycles. The van der Waals surface area contributed by atoms with Gasteiger partial charge in [-0.25, -0.2) is 15.0 Å². The van der Waals surface area contributed by atoms with Crippen LogP contribution in [-0.4, -0.2) is 24.1 Å². The van der Waals surface area contributed by atoms with Crippen LogP contribution in [0.5, 0.6) is 0 Å². The third-order valence-corrected chi connectivity index (χ3v) is 10.8. The third kappa shape index (κ3) is 5.21. The van der Waals surface area contributed by atoms with Crippen LogP contribution in [-0.2, 0) is 0 Å². The average molecular weight is 716 g/mol. The van der Waals surface area contributed by atoms with E-state index in [9.17, 15) is 0 Å². The molecule has 0 saturated carbocycles. The van der Waals surface area contributed by atoms with Gasteiger partial charge in [0.1, 0.15) is 0 Å². The van der Waals surface area contributed by atoms with Gasteiger partial charge in [-0.15, -0.1) is 0 Å². The number of rotatable bonds is 6. The first kappa shape index (κ1) is 31.9. The van der Waals surface area contributed by atoms with E-state index in [0.717, 1.165) is 39.1 Å². The van der Waals surface area contributed by atoms with Crippen LogP contribution in [0.25, 0.3) is 100 Å². The normalized spacial score (nSPS) is 11.6. The van der Waals surface area contributed by atoms with Crippen molar-refractivity contribution in [3.8, 4) is 56.7 Å². The number of aromatic nitrogens is 5. The van der Waals surface area contributed by atoms with Gasteiger partial charge < -0.3 is 9.13 Å². The van der Waals surface area contributed by atoms with E-state index in [1.165, 1.54) is 43.7 Å². The van der Waals surface area contributed by atoms with Gasteiger partial charge in [0, 0.05) is 43.9 Å².